The van der Waals surface area contributed by atoms with Gasteiger partial charge in [0.25, 0.3) is 5.56 Å². The molecule has 64 valence electrons. The Morgan fingerprint density at radius 1 is 1.69 bits per heavy atom. The van der Waals surface area contributed by atoms with Crippen LogP contribution in [0.1, 0.15) is 0 Å². The molecule has 0 saturated carbocycles. The van der Waals surface area contributed by atoms with Crippen LogP contribution in [-0.4, -0.2) is 9.55 Å². The van der Waals surface area contributed by atoms with Gasteiger partial charge in [-0.25, -0.2) is 4.98 Å². The number of hydrogen-bond donors (Lipinski definition) is 0. The molecular formula is C9H6N2OS. The van der Waals surface area contributed by atoms with Gasteiger partial charge in [-0.2, -0.15) is 0 Å². The topological polar surface area (TPSA) is 34.9 Å². The van der Waals surface area contributed by atoms with E-state index in [-0.39, 0.29) is 12.1 Å². The second-order valence-corrected chi connectivity index (χ2v) is 3.43. The van der Waals surface area contributed by atoms with Gasteiger partial charge < -0.3 is 0 Å². The quantitative estimate of drug-likeness (QED) is 0.631. The predicted octanol–water partition coefficient (Wildman–Crippen LogP) is 1.09. The molecule has 0 aromatic carbocycles. The summed E-state index contributed by atoms with van der Waals surface area (Å²) in [5.74, 6) is 2.41. The van der Waals surface area contributed by atoms with Gasteiger partial charge in [-0.1, -0.05) is 5.92 Å². The summed E-state index contributed by atoms with van der Waals surface area (Å²) < 4.78 is 2.09. The third-order valence-electron chi connectivity index (χ3n) is 1.70. The second-order valence-electron chi connectivity index (χ2n) is 2.52. The molecule has 0 N–H and O–H groups in total. The standard InChI is InChI=1S/C9H6N2OS/c1-2-4-11-6-10-7-3-5-13-8(7)9(11)12/h1,3,5-6H,4H2. The molecule has 0 fully saturated rings. The lowest BCUT2D eigenvalue weighted by atomic mass is 10.4. The van der Waals surface area contributed by atoms with Gasteiger partial charge in [-0.15, -0.1) is 17.8 Å². The Kier molecular flexibility index (Phi) is 1.87. The fourth-order valence-corrected chi connectivity index (χ4v) is 1.88. The minimum Gasteiger partial charge on any atom is -0.286 e. The van der Waals surface area contributed by atoms with Crippen LogP contribution in [0, 0.1) is 12.3 Å². The van der Waals surface area contributed by atoms with Crippen molar-refractivity contribution in [1.29, 1.82) is 0 Å². The Bertz CT molecular complexity index is 532. The van der Waals surface area contributed by atoms with Gasteiger partial charge in [0.05, 0.1) is 18.4 Å². The van der Waals surface area contributed by atoms with Crippen LogP contribution in [0.25, 0.3) is 10.2 Å². The molecule has 0 unspecified atom stereocenters. The third kappa shape index (κ3) is 1.23. The van der Waals surface area contributed by atoms with Gasteiger partial charge in [0.15, 0.2) is 0 Å². The van der Waals surface area contributed by atoms with E-state index in [1.165, 1.54) is 22.2 Å². The highest BCUT2D eigenvalue weighted by Crippen LogP contribution is 2.12. The molecule has 2 aromatic rings. The average molecular weight is 190 g/mol. The fraction of sp³-hybridized carbons (Fsp3) is 0.111. The predicted molar refractivity (Wildman–Crippen MR) is 52.7 cm³/mol. The maximum absolute atomic E-state index is 11.6. The van der Waals surface area contributed by atoms with Crippen LogP contribution in [0.2, 0.25) is 0 Å². The summed E-state index contributed by atoms with van der Waals surface area (Å²) in [4.78, 5) is 15.7. The molecule has 2 rings (SSSR count). The number of hydrogen-bond acceptors (Lipinski definition) is 3. The van der Waals surface area contributed by atoms with Gasteiger partial charge in [-0.05, 0) is 11.4 Å². The molecule has 0 aliphatic rings. The Labute approximate surface area is 78.7 Å². The van der Waals surface area contributed by atoms with Gasteiger partial charge in [0.1, 0.15) is 4.70 Å². The van der Waals surface area contributed by atoms with Crippen LogP contribution in [0.15, 0.2) is 22.6 Å². The van der Waals surface area contributed by atoms with E-state index in [2.05, 4.69) is 10.9 Å². The van der Waals surface area contributed by atoms with E-state index >= 15 is 0 Å². The zero-order valence-corrected chi connectivity index (χ0v) is 7.54. The van der Waals surface area contributed by atoms with Gasteiger partial charge in [-0.3, -0.25) is 9.36 Å². The summed E-state index contributed by atoms with van der Waals surface area (Å²) in [5.41, 5.74) is 0.682. The van der Waals surface area contributed by atoms with Crippen molar-refractivity contribution in [2.75, 3.05) is 0 Å². The molecule has 0 atom stereocenters. The molecule has 0 amide bonds. The number of terminal acetylenes is 1. The minimum atomic E-state index is -0.0575. The highest BCUT2D eigenvalue weighted by molar-refractivity contribution is 7.17. The molecular weight excluding hydrogens is 184 g/mol. The maximum atomic E-state index is 11.6. The molecule has 0 aliphatic carbocycles. The van der Waals surface area contributed by atoms with Crippen LogP contribution in [0.4, 0.5) is 0 Å². The van der Waals surface area contributed by atoms with Crippen LogP contribution in [0.5, 0.6) is 0 Å². The summed E-state index contributed by atoms with van der Waals surface area (Å²) in [5, 5.41) is 1.85. The van der Waals surface area contributed by atoms with Crippen molar-refractivity contribution < 1.29 is 0 Å². The zero-order valence-electron chi connectivity index (χ0n) is 6.73. The molecule has 4 heteroatoms. The highest BCUT2D eigenvalue weighted by Gasteiger charge is 2.02. The number of thiophene rings is 1. The molecule has 2 heterocycles. The molecule has 0 aliphatic heterocycles. The number of fused-ring (bicyclic) bond motifs is 1. The van der Waals surface area contributed by atoms with Crippen LogP contribution >= 0.6 is 11.3 Å². The first-order valence-electron chi connectivity index (χ1n) is 3.69. The maximum Gasteiger partial charge on any atom is 0.272 e. The lowest BCUT2D eigenvalue weighted by Gasteiger charge is -1.97. The minimum absolute atomic E-state index is 0.0575. The Hall–Kier alpha value is -1.60. The van der Waals surface area contributed by atoms with Crippen molar-refractivity contribution in [1.82, 2.24) is 9.55 Å². The van der Waals surface area contributed by atoms with E-state index in [4.69, 9.17) is 6.42 Å². The number of aromatic nitrogens is 2. The lowest BCUT2D eigenvalue weighted by Crippen LogP contribution is -2.18. The first-order valence-corrected chi connectivity index (χ1v) is 4.57. The fourth-order valence-electron chi connectivity index (χ4n) is 1.09. The number of rotatable bonds is 1. The first-order chi connectivity index (χ1) is 6.33. The van der Waals surface area contributed by atoms with Crippen molar-refractivity contribution in [3.63, 3.8) is 0 Å². The van der Waals surface area contributed by atoms with E-state index < -0.39 is 0 Å². The van der Waals surface area contributed by atoms with Crippen molar-refractivity contribution in [2.24, 2.45) is 0 Å². The third-order valence-corrected chi connectivity index (χ3v) is 2.59. The zero-order chi connectivity index (χ0) is 9.26. The number of nitrogens with zero attached hydrogens (tertiary/aromatic N) is 2. The van der Waals surface area contributed by atoms with E-state index in [0.29, 0.717) is 4.70 Å². The van der Waals surface area contributed by atoms with Gasteiger partial charge >= 0.3 is 0 Å². The summed E-state index contributed by atoms with van der Waals surface area (Å²) >= 11 is 1.39. The monoisotopic (exact) mass is 190 g/mol. The summed E-state index contributed by atoms with van der Waals surface area (Å²) in [6.45, 7) is 0.277. The molecule has 0 bridgehead atoms. The normalized spacial score (nSPS) is 10.1. The van der Waals surface area contributed by atoms with Gasteiger partial charge in [0.2, 0.25) is 0 Å². The van der Waals surface area contributed by atoms with Gasteiger partial charge in [0, 0.05) is 0 Å². The Balaban J connectivity index is 2.75. The van der Waals surface area contributed by atoms with Crippen molar-refractivity contribution in [3.8, 4) is 12.3 Å². The molecule has 3 nitrogen and oxygen atoms in total. The molecule has 0 radical (unpaired) electrons. The van der Waals surface area contributed by atoms with Crippen molar-refractivity contribution in [2.45, 2.75) is 6.54 Å². The summed E-state index contributed by atoms with van der Waals surface area (Å²) in [6, 6.07) is 1.82. The van der Waals surface area contributed by atoms with Crippen molar-refractivity contribution in [3.05, 3.63) is 28.1 Å². The molecule has 0 spiro atoms. The Morgan fingerprint density at radius 3 is 3.31 bits per heavy atom. The lowest BCUT2D eigenvalue weighted by molar-refractivity contribution is 0.785. The smallest absolute Gasteiger partial charge is 0.272 e. The largest absolute Gasteiger partial charge is 0.286 e. The van der Waals surface area contributed by atoms with Crippen LogP contribution < -0.4 is 5.56 Å². The molecule has 13 heavy (non-hydrogen) atoms. The van der Waals surface area contributed by atoms with Crippen LogP contribution in [0.3, 0.4) is 0 Å². The highest BCUT2D eigenvalue weighted by atomic mass is 32.1. The van der Waals surface area contributed by atoms with E-state index in [9.17, 15) is 4.79 Å². The molecule has 2 aromatic heterocycles. The molecule has 0 saturated heterocycles. The SMILES string of the molecule is C#CCn1cnc2ccsc2c1=O. The van der Waals surface area contributed by atoms with Crippen LogP contribution in [-0.2, 0) is 6.54 Å². The average Bonchev–Trinajstić information content (AvgIpc) is 2.58. The van der Waals surface area contributed by atoms with E-state index in [1.54, 1.807) is 0 Å². The summed E-state index contributed by atoms with van der Waals surface area (Å²) in [7, 11) is 0. The first kappa shape index (κ1) is 8.02. The van der Waals surface area contributed by atoms with Crippen molar-refractivity contribution >= 4 is 21.6 Å². The van der Waals surface area contributed by atoms with E-state index in [0.717, 1.165) is 5.52 Å². The van der Waals surface area contributed by atoms with E-state index in [1.807, 2.05) is 11.4 Å². The Morgan fingerprint density at radius 2 is 2.54 bits per heavy atom. The summed E-state index contributed by atoms with van der Waals surface area (Å²) in [6.07, 6.45) is 6.60. The second kappa shape index (κ2) is 3.04.